The van der Waals surface area contributed by atoms with E-state index in [1.807, 2.05) is 25.7 Å². The van der Waals surface area contributed by atoms with Gasteiger partial charge >= 0.3 is 0 Å². The van der Waals surface area contributed by atoms with Crippen molar-refractivity contribution in [1.82, 2.24) is 4.90 Å². The van der Waals surface area contributed by atoms with Crippen LogP contribution in [0.2, 0.25) is 0 Å². The first-order valence-electron chi connectivity index (χ1n) is 7.24. The Morgan fingerprint density at radius 1 is 1.42 bits per heavy atom. The van der Waals surface area contributed by atoms with Crippen LogP contribution in [0.1, 0.15) is 60.3 Å². The lowest BCUT2D eigenvalue weighted by atomic mass is 9.77. The highest BCUT2D eigenvalue weighted by Gasteiger charge is 2.36. The van der Waals surface area contributed by atoms with Gasteiger partial charge in [0.15, 0.2) is 0 Å². The first kappa shape index (κ1) is 18.7. The Balaban J connectivity index is 0.00000324. The zero-order valence-corrected chi connectivity index (χ0v) is 14.0. The van der Waals surface area contributed by atoms with Gasteiger partial charge in [-0.05, 0) is 30.1 Å². The zero-order chi connectivity index (χ0) is 14.0. The molecule has 1 amide bonds. The first-order chi connectivity index (χ1) is 8.19. The van der Waals surface area contributed by atoms with Crippen molar-refractivity contribution in [3.8, 4) is 0 Å². The summed E-state index contributed by atoms with van der Waals surface area (Å²) in [6.07, 6.45) is 4.72. The van der Waals surface area contributed by atoms with Gasteiger partial charge in [0.05, 0.1) is 6.04 Å². The van der Waals surface area contributed by atoms with Crippen LogP contribution in [0.25, 0.3) is 0 Å². The van der Waals surface area contributed by atoms with E-state index in [-0.39, 0.29) is 29.8 Å². The Morgan fingerprint density at radius 2 is 2.00 bits per heavy atom. The second-order valence-electron chi connectivity index (χ2n) is 7.27. The van der Waals surface area contributed by atoms with Gasteiger partial charge in [-0.15, -0.1) is 12.4 Å². The lowest BCUT2D eigenvalue weighted by Crippen LogP contribution is -2.54. The molecule has 0 saturated carbocycles. The average molecular weight is 291 g/mol. The Kier molecular flexibility index (Phi) is 6.84. The van der Waals surface area contributed by atoms with E-state index >= 15 is 0 Å². The molecule has 4 heteroatoms. The van der Waals surface area contributed by atoms with E-state index in [1.54, 1.807) is 0 Å². The standard InChI is InChI=1S/C15H30N2O.ClH/c1-6-8-15(5)9-7-10-17(11-15)13(18)12(16)14(2,3)4;/h12H,6-11,16H2,1-5H3;1H/t12-,15?;/m1./s1. The molecule has 0 radical (unpaired) electrons. The number of nitrogens with two attached hydrogens (primary N) is 1. The summed E-state index contributed by atoms with van der Waals surface area (Å²) in [6.45, 7) is 12.4. The van der Waals surface area contributed by atoms with Gasteiger partial charge in [-0.3, -0.25) is 4.79 Å². The molecule has 2 atom stereocenters. The summed E-state index contributed by atoms with van der Waals surface area (Å²) >= 11 is 0. The zero-order valence-electron chi connectivity index (χ0n) is 13.2. The molecule has 1 fully saturated rings. The highest BCUT2D eigenvalue weighted by molar-refractivity contribution is 5.85. The van der Waals surface area contributed by atoms with Crippen LogP contribution in [0.5, 0.6) is 0 Å². The molecular formula is C15H31ClN2O. The van der Waals surface area contributed by atoms with E-state index < -0.39 is 0 Å². The van der Waals surface area contributed by atoms with E-state index in [4.69, 9.17) is 5.73 Å². The van der Waals surface area contributed by atoms with Crippen LogP contribution in [0.3, 0.4) is 0 Å². The van der Waals surface area contributed by atoms with Crippen molar-refractivity contribution in [2.45, 2.75) is 66.3 Å². The molecule has 0 aromatic carbocycles. The van der Waals surface area contributed by atoms with Crippen molar-refractivity contribution < 1.29 is 4.79 Å². The summed E-state index contributed by atoms with van der Waals surface area (Å²) < 4.78 is 0. The molecule has 1 rings (SSSR count). The number of hydrogen-bond acceptors (Lipinski definition) is 2. The third kappa shape index (κ3) is 4.96. The number of amides is 1. The molecule has 1 saturated heterocycles. The second kappa shape index (κ2) is 6.94. The minimum Gasteiger partial charge on any atom is -0.341 e. The molecule has 0 spiro atoms. The Morgan fingerprint density at radius 3 is 2.47 bits per heavy atom. The fourth-order valence-corrected chi connectivity index (χ4v) is 2.88. The molecule has 19 heavy (non-hydrogen) atoms. The maximum atomic E-state index is 12.4. The van der Waals surface area contributed by atoms with Crippen LogP contribution in [0.15, 0.2) is 0 Å². The molecule has 2 N–H and O–H groups in total. The normalized spacial score (nSPS) is 25.7. The fourth-order valence-electron chi connectivity index (χ4n) is 2.88. The molecule has 114 valence electrons. The SMILES string of the molecule is CCCC1(C)CCCN(C(=O)[C@@H](N)C(C)(C)C)C1.Cl. The highest BCUT2D eigenvalue weighted by atomic mass is 35.5. The highest BCUT2D eigenvalue weighted by Crippen LogP contribution is 2.34. The number of likely N-dealkylation sites (tertiary alicyclic amines) is 1. The number of halogens is 1. The van der Waals surface area contributed by atoms with Gasteiger partial charge in [0.1, 0.15) is 0 Å². The lowest BCUT2D eigenvalue weighted by Gasteiger charge is -2.42. The number of rotatable bonds is 3. The molecule has 1 aliphatic rings. The van der Waals surface area contributed by atoms with Crippen LogP contribution < -0.4 is 5.73 Å². The maximum Gasteiger partial charge on any atom is 0.240 e. The number of carbonyl (C=O) groups is 1. The molecule has 1 aliphatic heterocycles. The summed E-state index contributed by atoms with van der Waals surface area (Å²) in [7, 11) is 0. The predicted octanol–water partition coefficient (Wildman–Crippen LogP) is 3.21. The molecule has 1 heterocycles. The summed E-state index contributed by atoms with van der Waals surface area (Å²) in [6, 6.07) is -0.388. The molecule has 0 bridgehead atoms. The van der Waals surface area contributed by atoms with Crippen LogP contribution in [0, 0.1) is 10.8 Å². The minimum absolute atomic E-state index is 0. The number of piperidine rings is 1. The van der Waals surface area contributed by atoms with Crippen LogP contribution >= 0.6 is 12.4 Å². The van der Waals surface area contributed by atoms with Crippen molar-refractivity contribution in [1.29, 1.82) is 0 Å². The van der Waals surface area contributed by atoms with Gasteiger partial charge in [0.25, 0.3) is 0 Å². The number of carbonyl (C=O) groups excluding carboxylic acids is 1. The van der Waals surface area contributed by atoms with Gasteiger partial charge in [0, 0.05) is 13.1 Å². The van der Waals surface area contributed by atoms with Gasteiger partial charge < -0.3 is 10.6 Å². The largest absolute Gasteiger partial charge is 0.341 e. The van der Waals surface area contributed by atoms with Gasteiger partial charge in [-0.1, -0.05) is 41.0 Å². The summed E-state index contributed by atoms with van der Waals surface area (Å²) in [5.41, 5.74) is 6.23. The van der Waals surface area contributed by atoms with Crippen molar-refractivity contribution in [2.24, 2.45) is 16.6 Å². The minimum atomic E-state index is -0.388. The van der Waals surface area contributed by atoms with Crippen molar-refractivity contribution in [2.75, 3.05) is 13.1 Å². The van der Waals surface area contributed by atoms with Crippen LogP contribution in [-0.2, 0) is 4.79 Å². The third-order valence-electron chi connectivity index (χ3n) is 4.15. The van der Waals surface area contributed by atoms with Crippen molar-refractivity contribution >= 4 is 18.3 Å². The molecule has 1 unspecified atom stereocenters. The number of nitrogens with zero attached hydrogens (tertiary/aromatic N) is 1. The second-order valence-corrected chi connectivity index (χ2v) is 7.27. The third-order valence-corrected chi connectivity index (χ3v) is 4.15. The van der Waals surface area contributed by atoms with E-state index in [0.29, 0.717) is 5.41 Å². The van der Waals surface area contributed by atoms with E-state index in [0.717, 1.165) is 19.5 Å². The summed E-state index contributed by atoms with van der Waals surface area (Å²) in [5.74, 6) is 0.129. The number of hydrogen-bond donors (Lipinski definition) is 1. The molecule has 0 aromatic rings. The van der Waals surface area contributed by atoms with E-state index in [1.165, 1.54) is 19.3 Å². The summed E-state index contributed by atoms with van der Waals surface area (Å²) in [5, 5.41) is 0. The quantitative estimate of drug-likeness (QED) is 0.867. The fraction of sp³-hybridized carbons (Fsp3) is 0.933. The molecular weight excluding hydrogens is 260 g/mol. The van der Waals surface area contributed by atoms with Crippen molar-refractivity contribution in [3.63, 3.8) is 0 Å². The van der Waals surface area contributed by atoms with Crippen LogP contribution in [-0.4, -0.2) is 29.9 Å². The Bertz CT molecular complexity index is 297. The van der Waals surface area contributed by atoms with Gasteiger partial charge in [-0.25, -0.2) is 0 Å². The van der Waals surface area contributed by atoms with Crippen molar-refractivity contribution in [3.05, 3.63) is 0 Å². The van der Waals surface area contributed by atoms with Crippen LogP contribution in [0.4, 0.5) is 0 Å². The monoisotopic (exact) mass is 290 g/mol. The topological polar surface area (TPSA) is 46.3 Å². The maximum absolute atomic E-state index is 12.4. The first-order valence-corrected chi connectivity index (χ1v) is 7.24. The smallest absolute Gasteiger partial charge is 0.240 e. The van der Waals surface area contributed by atoms with E-state index in [2.05, 4.69) is 13.8 Å². The Hall–Kier alpha value is -0.280. The molecule has 0 aromatic heterocycles. The van der Waals surface area contributed by atoms with E-state index in [9.17, 15) is 4.79 Å². The van der Waals surface area contributed by atoms with Gasteiger partial charge in [-0.2, -0.15) is 0 Å². The Labute approximate surface area is 124 Å². The molecule has 0 aliphatic carbocycles. The lowest BCUT2D eigenvalue weighted by molar-refractivity contribution is -0.138. The summed E-state index contributed by atoms with van der Waals surface area (Å²) in [4.78, 5) is 14.4. The molecule has 3 nitrogen and oxygen atoms in total. The van der Waals surface area contributed by atoms with Gasteiger partial charge in [0.2, 0.25) is 5.91 Å². The predicted molar refractivity (Wildman–Crippen MR) is 83.5 cm³/mol. The average Bonchev–Trinajstić information content (AvgIpc) is 2.25.